The van der Waals surface area contributed by atoms with Gasteiger partial charge in [-0.25, -0.2) is 4.68 Å². The van der Waals surface area contributed by atoms with Crippen molar-refractivity contribution in [3.05, 3.63) is 12.3 Å². The van der Waals surface area contributed by atoms with E-state index in [2.05, 4.69) is 49.7 Å². The number of nitrogens with zero attached hydrogens (tertiary/aromatic N) is 2. The summed E-state index contributed by atoms with van der Waals surface area (Å²) in [6, 6.07) is 2.98. The molecule has 0 bridgehead atoms. The molecule has 15 heavy (non-hydrogen) atoms. The molecule has 0 aliphatic carbocycles. The SMILES string of the molecule is CCC(C)n1nccc1NC(C)C(C)C. The number of hydrogen-bond acceptors (Lipinski definition) is 2. The van der Waals surface area contributed by atoms with Gasteiger partial charge in [-0.05, 0) is 26.2 Å². The molecule has 0 aliphatic heterocycles. The predicted octanol–water partition coefficient (Wildman–Crippen LogP) is 3.31. The summed E-state index contributed by atoms with van der Waals surface area (Å²) in [7, 11) is 0. The molecule has 0 radical (unpaired) electrons. The van der Waals surface area contributed by atoms with Crippen LogP contribution in [0.1, 0.15) is 47.1 Å². The average molecular weight is 209 g/mol. The molecule has 0 aliphatic rings. The van der Waals surface area contributed by atoms with Gasteiger partial charge in [0.1, 0.15) is 5.82 Å². The van der Waals surface area contributed by atoms with Gasteiger partial charge in [0.25, 0.3) is 0 Å². The zero-order valence-electron chi connectivity index (χ0n) is 10.5. The summed E-state index contributed by atoms with van der Waals surface area (Å²) in [4.78, 5) is 0. The maximum absolute atomic E-state index is 4.35. The van der Waals surface area contributed by atoms with Crippen LogP contribution in [0.25, 0.3) is 0 Å². The van der Waals surface area contributed by atoms with E-state index in [1.165, 1.54) is 0 Å². The van der Waals surface area contributed by atoms with Crippen molar-refractivity contribution < 1.29 is 0 Å². The Labute approximate surface area is 92.9 Å². The van der Waals surface area contributed by atoms with E-state index < -0.39 is 0 Å². The van der Waals surface area contributed by atoms with Crippen LogP contribution in [-0.4, -0.2) is 15.8 Å². The lowest BCUT2D eigenvalue weighted by Crippen LogP contribution is -2.24. The third kappa shape index (κ3) is 2.98. The van der Waals surface area contributed by atoms with Crippen molar-refractivity contribution in [2.45, 2.75) is 53.1 Å². The Hall–Kier alpha value is -0.990. The number of nitrogens with one attached hydrogen (secondary N) is 1. The number of hydrogen-bond donors (Lipinski definition) is 1. The molecule has 1 aromatic heterocycles. The molecule has 3 nitrogen and oxygen atoms in total. The second kappa shape index (κ2) is 5.19. The molecular formula is C12H23N3. The van der Waals surface area contributed by atoms with Crippen LogP contribution in [0.5, 0.6) is 0 Å². The molecule has 1 heterocycles. The largest absolute Gasteiger partial charge is 0.368 e. The summed E-state index contributed by atoms with van der Waals surface area (Å²) in [5, 5.41) is 7.86. The van der Waals surface area contributed by atoms with Crippen molar-refractivity contribution in [2.75, 3.05) is 5.32 Å². The van der Waals surface area contributed by atoms with Gasteiger partial charge >= 0.3 is 0 Å². The van der Waals surface area contributed by atoms with Crippen molar-refractivity contribution in [2.24, 2.45) is 5.92 Å². The van der Waals surface area contributed by atoms with Gasteiger partial charge in [0.05, 0.1) is 12.2 Å². The molecular weight excluding hydrogens is 186 g/mol. The molecule has 0 aromatic carbocycles. The van der Waals surface area contributed by atoms with Gasteiger partial charge in [0.15, 0.2) is 0 Å². The van der Waals surface area contributed by atoms with Crippen molar-refractivity contribution in [1.82, 2.24) is 9.78 Å². The second-order valence-corrected chi connectivity index (χ2v) is 4.60. The summed E-state index contributed by atoms with van der Waals surface area (Å²) in [6.45, 7) is 11.0. The first-order valence-corrected chi connectivity index (χ1v) is 5.86. The van der Waals surface area contributed by atoms with Gasteiger partial charge < -0.3 is 5.32 Å². The van der Waals surface area contributed by atoms with Gasteiger partial charge in [-0.3, -0.25) is 0 Å². The number of aromatic nitrogens is 2. The van der Waals surface area contributed by atoms with E-state index in [4.69, 9.17) is 0 Å². The third-order valence-electron chi connectivity index (χ3n) is 3.05. The van der Waals surface area contributed by atoms with Crippen LogP contribution in [-0.2, 0) is 0 Å². The molecule has 2 unspecified atom stereocenters. The van der Waals surface area contributed by atoms with Crippen LogP contribution in [0.3, 0.4) is 0 Å². The minimum atomic E-state index is 0.460. The van der Waals surface area contributed by atoms with Gasteiger partial charge in [0.2, 0.25) is 0 Å². The highest BCUT2D eigenvalue weighted by Gasteiger charge is 2.12. The van der Waals surface area contributed by atoms with E-state index >= 15 is 0 Å². The Kier molecular flexibility index (Phi) is 4.18. The molecule has 0 spiro atoms. The smallest absolute Gasteiger partial charge is 0.124 e. The molecule has 0 saturated heterocycles. The van der Waals surface area contributed by atoms with E-state index in [-0.39, 0.29) is 0 Å². The fourth-order valence-corrected chi connectivity index (χ4v) is 1.35. The van der Waals surface area contributed by atoms with Crippen molar-refractivity contribution in [1.29, 1.82) is 0 Å². The second-order valence-electron chi connectivity index (χ2n) is 4.60. The quantitative estimate of drug-likeness (QED) is 0.806. The molecule has 2 atom stereocenters. The van der Waals surface area contributed by atoms with Crippen molar-refractivity contribution in [3.63, 3.8) is 0 Å². The normalized spacial score (nSPS) is 15.3. The van der Waals surface area contributed by atoms with Crippen LogP contribution < -0.4 is 5.32 Å². The van der Waals surface area contributed by atoms with Gasteiger partial charge in [0, 0.05) is 12.1 Å². The molecule has 1 rings (SSSR count). The topological polar surface area (TPSA) is 29.9 Å². The first kappa shape index (κ1) is 12.1. The summed E-state index contributed by atoms with van der Waals surface area (Å²) >= 11 is 0. The van der Waals surface area contributed by atoms with Gasteiger partial charge in [-0.2, -0.15) is 5.10 Å². The zero-order chi connectivity index (χ0) is 11.4. The average Bonchev–Trinajstić information content (AvgIpc) is 2.64. The summed E-state index contributed by atoms with van der Waals surface area (Å²) in [5.41, 5.74) is 0. The Morgan fingerprint density at radius 1 is 1.33 bits per heavy atom. The van der Waals surface area contributed by atoms with Gasteiger partial charge in [-0.15, -0.1) is 0 Å². The monoisotopic (exact) mass is 209 g/mol. The zero-order valence-corrected chi connectivity index (χ0v) is 10.5. The fourth-order valence-electron chi connectivity index (χ4n) is 1.35. The molecule has 1 aromatic rings. The first-order chi connectivity index (χ1) is 7.06. The lowest BCUT2D eigenvalue weighted by atomic mass is 10.1. The molecule has 0 amide bonds. The molecule has 3 heteroatoms. The number of rotatable bonds is 5. The van der Waals surface area contributed by atoms with Crippen molar-refractivity contribution in [3.8, 4) is 0 Å². The molecule has 86 valence electrons. The Morgan fingerprint density at radius 3 is 2.53 bits per heavy atom. The standard InChI is InChI=1S/C12H23N3/c1-6-10(4)15-12(7-8-13-15)14-11(5)9(2)3/h7-11,14H,6H2,1-5H3. The maximum atomic E-state index is 4.35. The highest BCUT2D eigenvalue weighted by molar-refractivity contribution is 5.35. The first-order valence-electron chi connectivity index (χ1n) is 5.86. The number of anilines is 1. The van der Waals surface area contributed by atoms with E-state index in [1.807, 2.05) is 12.3 Å². The van der Waals surface area contributed by atoms with E-state index in [0.717, 1.165) is 12.2 Å². The molecule has 0 saturated carbocycles. The van der Waals surface area contributed by atoms with Crippen molar-refractivity contribution >= 4 is 5.82 Å². The minimum Gasteiger partial charge on any atom is -0.368 e. The molecule has 0 fully saturated rings. The fraction of sp³-hybridized carbons (Fsp3) is 0.750. The maximum Gasteiger partial charge on any atom is 0.124 e. The van der Waals surface area contributed by atoms with Crippen LogP contribution in [0.4, 0.5) is 5.82 Å². The Balaban J connectivity index is 2.73. The summed E-state index contributed by atoms with van der Waals surface area (Å²) < 4.78 is 2.07. The van der Waals surface area contributed by atoms with E-state index in [1.54, 1.807) is 0 Å². The Morgan fingerprint density at radius 2 is 2.00 bits per heavy atom. The van der Waals surface area contributed by atoms with Crippen LogP contribution in [0.15, 0.2) is 12.3 Å². The third-order valence-corrected chi connectivity index (χ3v) is 3.05. The van der Waals surface area contributed by atoms with Crippen LogP contribution in [0.2, 0.25) is 0 Å². The lowest BCUT2D eigenvalue weighted by Gasteiger charge is -2.21. The predicted molar refractivity (Wildman–Crippen MR) is 65.2 cm³/mol. The highest BCUT2D eigenvalue weighted by Crippen LogP contribution is 2.18. The minimum absolute atomic E-state index is 0.460. The van der Waals surface area contributed by atoms with Crippen LogP contribution in [0, 0.1) is 5.92 Å². The van der Waals surface area contributed by atoms with E-state index in [9.17, 15) is 0 Å². The van der Waals surface area contributed by atoms with Gasteiger partial charge in [-0.1, -0.05) is 20.8 Å². The lowest BCUT2D eigenvalue weighted by molar-refractivity contribution is 0.474. The molecule has 1 N–H and O–H groups in total. The highest BCUT2D eigenvalue weighted by atomic mass is 15.3. The Bertz CT molecular complexity index is 291. The summed E-state index contributed by atoms with van der Waals surface area (Å²) in [5.74, 6) is 1.76. The van der Waals surface area contributed by atoms with E-state index in [0.29, 0.717) is 18.0 Å². The summed E-state index contributed by atoms with van der Waals surface area (Å²) in [6.07, 6.45) is 2.97. The van der Waals surface area contributed by atoms with Crippen LogP contribution >= 0.6 is 0 Å².